The molecule has 3 aromatic rings. The summed E-state index contributed by atoms with van der Waals surface area (Å²) in [5.74, 6) is 1.49. The number of halogens is 1. The molecule has 132 valence electrons. The van der Waals surface area contributed by atoms with Gasteiger partial charge in [0.25, 0.3) is 0 Å². The minimum Gasteiger partial charge on any atom is -0.504 e. The summed E-state index contributed by atoms with van der Waals surface area (Å²) < 4.78 is 5.82. The fourth-order valence-corrected chi connectivity index (χ4v) is 3.42. The number of anilines is 1. The lowest BCUT2D eigenvalue weighted by molar-refractivity contribution is 0.311. The highest BCUT2D eigenvalue weighted by Crippen LogP contribution is 2.38. The minimum atomic E-state index is 0.134. The molecule has 0 saturated carbocycles. The maximum absolute atomic E-state index is 10.5. The van der Waals surface area contributed by atoms with Gasteiger partial charge in [-0.25, -0.2) is 4.98 Å². The van der Waals surface area contributed by atoms with Crippen molar-refractivity contribution in [1.82, 2.24) is 9.97 Å². The zero-order valence-electron chi connectivity index (χ0n) is 14.3. The number of phenols is 1. The first kappa shape index (κ1) is 16.7. The summed E-state index contributed by atoms with van der Waals surface area (Å²) in [7, 11) is 0. The first-order valence-corrected chi connectivity index (χ1v) is 8.77. The Hall–Kier alpha value is -2.79. The van der Waals surface area contributed by atoms with Crippen molar-refractivity contribution in [2.24, 2.45) is 0 Å². The standard InChI is InChI=1S/C20H18ClN3O2/c1-13-20(23-6-5-22-13)24-7-8-26-19-16(12-24)9-15(11-18(19)25)14-3-2-4-17(21)10-14/h2-6,9-11,25H,7-8,12H2,1H3. The highest BCUT2D eigenvalue weighted by Gasteiger charge is 2.21. The Morgan fingerprint density at radius 2 is 1.96 bits per heavy atom. The van der Waals surface area contributed by atoms with Gasteiger partial charge in [-0.3, -0.25) is 4.98 Å². The summed E-state index contributed by atoms with van der Waals surface area (Å²) in [5.41, 5.74) is 3.61. The van der Waals surface area contributed by atoms with Crippen molar-refractivity contribution in [1.29, 1.82) is 0 Å². The van der Waals surface area contributed by atoms with Crippen LogP contribution in [0.25, 0.3) is 11.1 Å². The molecule has 0 radical (unpaired) electrons. The monoisotopic (exact) mass is 367 g/mol. The van der Waals surface area contributed by atoms with Crippen LogP contribution in [0.4, 0.5) is 5.82 Å². The van der Waals surface area contributed by atoms with Crippen LogP contribution in [0.3, 0.4) is 0 Å². The van der Waals surface area contributed by atoms with Crippen LogP contribution in [-0.2, 0) is 6.54 Å². The second-order valence-electron chi connectivity index (χ2n) is 6.23. The molecule has 0 aliphatic carbocycles. The van der Waals surface area contributed by atoms with E-state index in [1.807, 2.05) is 37.3 Å². The molecule has 0 amide bonds. The van der Waals surface area contributed by atoms with Crippen LogP contribution in [0.5, 0.6) is 11.5 Å². The number of hydrogen-bond acceptors (Lipinski definition) is 5. The van der Waals surface area contributed by atoms with Gasteiger partial charge in [-0.2, -0.15) is 0 Å². The molecule has 1 N–H and O–H groups in total. The molecule has 6 heteroatoms. The molecule has 0 spiro atoms. The fraction of sp³-hybridized carbons (Fsp3) is 0.200. The van der Waals surface area contributed by atoms with Crippen LogP contribution in [-0.4, -0.2) is 28.2 Å². The average molecular weight is 368 g/mol. The minimum absolute atomic E-state index is 0.134. The van der Waals surface area contributed by atoms with Gasteiger partial charge >= 0.3 is 0 Å². The van der Waals surface area contributed by atoms with Crippen LogP contribution in [0.2, 0.25) is 5.02 Å². The molecule has 0 atom stereocenters. The Morgan fingerprint density at radius 1 is 1.12 bits per heavy atom. The zero-order chi connectivity index (χ0) is 18.1. The second-order valence-corrected chi connectivity index (χ2v) is 6.67. The number of aromatic nitrogens is 2. The van der Waals surface area contributed by atoms with Gasteiger partial charge in [-0.05, 0) is 42.3 Å². The molecule has 0 bridgehead atoms. The number of rotatable bonds is 2. The molecule has 1 aromatic heterocycles. The lowest BCUT2D eigenvalue weighted by atomic mass is 10.0. The van der Waals surface area contributed by atoms with Crippen molar-refractivity contribution in [2.75, 3.05) is 18.1 Å². The van der Waals surface area contributed by atoms with Gasteiger partial charge in [0.05, 0.1) is 12.2 Å². The molecule has 2 heterocycles. The number of hydrogen-bond donors (Lipinski definition) is 1. The van der Waals surface area contributed by atoms with E-state index in [0.717, 1.165) is 28.2 Å². The Bertz CT molecular complexity index is 962. The quantitative estimate of drug-likeness (QED) is 0.735. The van der Waals surface area contributed by atoms with Crippen molar-refractivity contribution < 1.29 is 9.84 Å². The lowest BCUT2D eigenvalue weighted by Crippen LogP contribution is -2.27. The van der Waals surface area contributed by atoms with Gasteiger partial charge in [-0.15, -0.1) is 0 Å². The van der Waals surface area contributed by atoms with E-state index in [1.54, 1.807) is 18.5 Å². The van der Waals surface area contributed by atoms with Gasteiger partial charge in [0, 0.05) is 29.5 Å². The Balaban J connectivity index is 1.76. The van der Waals surface area contributed by atoms with E-state index in [0.29, 0.717) is 30.5 Å². The van der Waals surface area contributed by atoms with E-state index in [1.165, 1.54) is 0 Å². The summed E-state index contributed by atoms with van der Waals surface area (Å²) >= 11 is 6.11. The maximum Gasteiger partial charge on any atom is 0.166 e. The van der Waals surface area contributed by atoms with Crippen LogP contribution >= 0.6 is 11.6 Å². The van der Waals surface area contributed by atoms with E-state index < -0.39 is 0 Å². The fourth-order valence-electron chi connectivity index (χ4n) is 3.23. The molecule has 0 unspecified atom stereocenters. The first-order chi connectivity index (χ1) is 12.6. The molecular formula is C20H18ClN3O2. The van der Waals surface area contributed by atoms with E-state index in [2.05, 4.69) is 14.9 Å². The van der Waals surface area contributed by atoms with Crippen LogP contribution in [0, 0.1) is 6.92 Å². The molecule has 1 aliphatic heterocycles. The lowest BCUT2D eigenvalue weighted by Gasteiger charge is -2.22. The normalized spacial score (nSPS) is 13.7. The Kier molecular flexibility index (Phi) is 4.39. The van der Waals surface area contributed by atoms with Gasteiger partial charge < -0.3 is 14.7 Å². The number of aryl methyl sites for hydroxylation is 1. The van der Waals surface area contributed by atoms with E-state index in [-0.39, 0.29) is 5.75 Å². The topological polar surface area (TPSA) is 58.5 Å². The molecule has 4 rings (SSSR count). The summed E-state index contributed by atoms with van der Waals surface area (Å²) in [4.78, 5) is 10.9. The van der Waals surface area contributed by atoms with Crippen LogP contribution in [0.15, 0.2) is 48.8 Å². The smallest absolute Gasteiger partial charge is 0.166 e. The zero-order valence-corrected chi connectivity index (χ0v) is 15.1. The molecule has 26 heavy (non-hydrogen) atoms. The molecule has 1 aliphatic rings. The molecule has 5 nitrogen and oxygen atoms in total. The number of benzene rings is 2. The predicted octanol–water partition coefficient (Wildman–Crippen LogP) is 4.21. The summed E-state index contributed by atoms with van der Waals surface area (Å²) in [5, 5.41) is 11.2. The molecule has 0 saturated heterocycles. The largest absolute Gasteiger partial charge is 0.504 e. The van der Waals surface area contributed by atoms with Crippen molar-refractivity contribution in [3.05, 3.63) is 65.1 Å². The number of ether oxygens (including phenoxy) is 1. The van der Waals surface area contributed by atoms with E-state index >= 15 is 0 Å². The summed E-state index contributed by atoms with van der Waals surface area (Å²) in [6.07, 6.45) is 3.37. The summed E-state index contributed by atoms with van der Waals surface area (Å²) in [6, 6.07) is 11.3. The second kappa shape index (κ2) is 6.84. The van der Waals surface area contributed by atoms with E-state index in [9.17, 15) is 5.11 Å². The van der Waals surface area contributed by atoms with Gasteiger partial charge in [0.2, 0.25) is 0 Å². The van der Waals surface area contributed by atoms with Crippen molar-refractivity contribution >= 4 is 17.4 Å². The first-order valence-electron chi connectivity index (χ1n) is 8.39. The average Bonchev–Trinajstić information content (AvgIpc) is 2.85. The molecule has 2 aromatic carbocycles. The number of fused-ring (bicyclic) bond motifs is 1. The Labute approximate surface area is 156 Å². The third kappa shape index (κ3) is 3.18. The number of nitrogens with zero attached hydrogens (tertiary/aromatic N) is 3. The molecule has 0 fully saturated rings. The SMILES string of the molecule is Cc1nccnc1N1CCOc2c(O)cc(-c3cccc(Cl)c3)cc2C1. The van der Waals surface area contributed by atoms with Gasteiger partial charge in [0.15, 0.2) is 11.5 Å². The highest BCUT2D eigenvalue weighted by molar-refractivity contribution is 6.30. The molecular weight excluding hydrogens is 350 g/mol. The maximum atomic E-state index is 10.5. The highest BCUT2D eigenvalue weighted by atomic mass is 35.5. The number of aromatic hydroxyl groups is 1. The van der Waals surface area contributed by atoms with Gasteiger partial charge in [-0.1, -0.05) is 23.7 Å². The third-order valence-electron chi connectivity index (χ3n) is 4.43. The van der Waals surface area contributed by atoms with Crippen LogP contribution in [0.1, 0.15) is 11.3 Å². The van der Waals surface area contributed by atoms with Crippen molar-refractivity contribution in [3.8, 4) is 22.6 Å². The third-order valence-corrected chi connectivity index (χ3v) is 4.66. The van der Waals surface area contributed by atoms with E-state index in [4.69, 9.17) is 16.3 Å². The summed E-state index contributed by atoms with van der Waals surface area (Å²) in [6.45, 7) is 3.65. The van der Waals surface area contributed by atoms with Gasteiger partial charge in [0.1, 0.15) is 12.4 Å². The predicted molar refractivity (Wildman–Crippen MR) is 102 cm³/mol. The van der Waals surface area contributed by atoms with Crippen molar-refractivity contribution in [3.63, 3.8) is 0 Å². The number of phenolic OH excluding ortho intramolecular Hbond substituents is 1. The van der Waals surface area contributed by atoms with Crippen LogP contribution < -0.4 is 9.64 Å². The van der Waals surface area contributed by atoms with Crippen molar-refractivity contribution in [2.45, 2.75) is 13.5 Å². The Morgan fingerprint density at radius 3 is 2.77 bits per heavy atom.